The summed E-state index contributed by atoms with van der Waals surface area (Å²) < 4.78 is 23.0. The highest BCUT2D eigenvalue weighted by Crippen LogP contribution is 2.12. The van der Waals surface area contributed by atoms with Crippen LogP contribution in [0.25, 0.3) is 0 Å². The lowest BCUT2D eigenvalue weighted by molar-refractivity contribution is 0.0667. The minimum Gasteiger partial charge on any atom is -0.387 e. The lowest BCUT2D eigenvalue weighted by atomic mass is 10.1. The fourth-order valence-electron chi connectivity index (χ4n) is 1.12. The quantitative estimate of drug-likeness (QED) is 0.399. The first-order valence-electron chi connectivity index (χ1n) is 3.62. The summed E-state index contributed by atoms with van der Waals surface area (Å²) in [4.78, 5) is 0. The summed E-state index contributed by atoms with van der Waals surface area (Å²) in [6, 6.07) is 0. The summed E-state index contributed by atoms with van der Waals surface area (Å²) in [5, 5.41) is 17.2. The Kier molecular flexibility index (Phi) is 2.69. The lowest BCUT2D eigenvalue weighted by Gasteiger charge is -2.20. The number of rotatable bonds is 3. The van der Waals surface area contributed by atoms with Crippen LogP contribution in [-0.4, -0.2) is 38.8 Å². The average Bonchev–Trinajstić information content (AvgIpc) is 2.32. The van der Waals surface area contributed by atoms with Crippen molar-refractivity contribution in [1.82, 2.24) is 10.0 Å². The molecule has 0 spiro atoms. The second-order valence-corrected chi connectivity index (χ2v) is 4.40. The normalized spacial score (nSPS) is 30.8. The van der Waals surface area contributed by atoms with Crippen molar-refractivity contribution in [3.05, 3.63) is 0 Å². The van der Waals surface area contributed by atoms with Crippen LogP contribution in [0.1, 0.15) is 6.42 Å². The van der Waals surface area contributed by atoms with Crippen molar-refractivity contribution in [2.45, 2.75) is 12.0 Å². The van der Waals surface area contributed by atoms with Crippen LogP contribution in [0.15, 0.2) is 0 Å². The van der Waals surface area contributed by atoms with Crippen LogP contribution >= 0.6 is 0 Å². The maximum atomic E-state index is 10.5. The minimum atomic E-state index is -3.69. The largest absolute Gasteiger partial charge is 0.387 e. The third-order valence-corrected chi connectivity index (χ3v) is 2.37. The van der Waals surface area contributed by atoms with Gasteiger partial charge in [0.05, 0.1) is 5.60 Å². The van der Waals surface area contributed by atoms with E-state index in [1.807, 2.05) is 0 Å². The molecule has 0 amide bonds. The molecule has 0 aliphatic carbocycles. The molecule has 1 heterocycles. The highest BCUT2D eigenvalue weighted by molar-refractivity contribution is 7.87. The first-order chi connectivity index (χ1) is 5.41. The van der Waals surface area contributed by atoms with Crippen LogP contribution in [-0.2, 0) is 10.2 Å². The van der Waals surface area contributed by atoms with Gasteiger partial charge in [0, 0.05) is 13.1 Å². The molecule has 1 saturated heterocycles. The van der Waals surface area contributed by atoms with Gasteiger partial charge < -0.3 is 10.4 Å². The molecule has 7 heteroatoms. The van der Waals surface area contributed by atoms with E-state index < -0.39 is 15.8 Å². The molecule has 1 fully saturated rings. The van der Waals surface area contributed by atoms with Gasteiger partial charge in [-0.15, -0.1) is 0 Å². The molecule has 1 aliphatic rings. The van der Waals surface area contributed by atoms with Crippen molar-refractivity contribution in [2.75, 3.05) is 19.6 Å². The first-order valence-corrected chi connectivity index (χ1v) is 5.16. The zero-order valence-corrected chi connectivity index (χ0v) is 7.39. The molecular formula is C5H13N3O3S. The van der Waals surface area contributed by atoms with Crippen molar-refractivity contribution in [2.24, 2.45) is 5.14 Å². The van der Waals surface area contributed by atoms with E-state index in [9.17, 15) is 13.5 Å². The molecular weight excluding hydrogens is 182 g/mol. The molecule has 1 unspecified atom stereocenters. The molecule has 0 saturated carbocycles. The Morgan fingerprint density at radius 2 is 2.33 bits per heavy atom. The number of aliphatic hydroxyl groups is 1. The molecule has 6 nitrogen and oxygen atoms in total. The van der Waals surface area contributed by atoms with Gasteiger partial charge in [-0.2, -0.15) is 13.1 Å². The number of hydrogen-bond donors (Lipinski definition) is 4. The summed E-state index contributed by atoms with van der Waals surface area (Å²) in [6.45, 7) is 1.07. The molecule has 12 heavy (non-hydrogen) atoms. The first kappa shape index (κ1) is 9.87. The second-order valence-electron chi connectivity index (χ2n) is 3.02. The van der Waals surface area contributed by atoms with E-state index in [4.69, 9.17) is 5.14 Å². The zero-order valence-electron chi connectivity index (χ0n) is 6.58. The lowest BCUT2D eigenvalue weighted by Crippen LogP contribution is -2.46. The molecule has 0 aromatic rings. The van der Waals surface area contributed by atoms with Gasteiger partial charge in [0.15, 0.2) is 0 Å². The van der Waals surface area contributed by atoms with E-state index in [1.165, 1.54) is 0 Å². The van der Waals surface area contributed by atoms with E-state index in [2.05, 4.69) is 10.0 Å². The van der Waals surface area contributed by atoms with Gasteiger partial charge >= 0.3 is 0 Å². The maximum absolute atomic E-state index is 10.5. The highest BCUT2D eigenvalue weighted by atomic mass is 32.2. The topological polar surface area (TPSA) is 104 Å². The number of hydrogen-bond acceptors (Lipinski definition) is 4. The van der Waals surface area contributed by atoms with E-state index in [-0.39, 0.29) is 6.54 Å². The Balaban J connectivity index is 2.41. The summed E-state index contributed by atoms with van der Waals surface area (Å²) in [5.74, 6) is 0. The summed E-state index contributed by atoms with van der Waals surface area (Å²) in [5.41, 5.74) is -0.980. The van der Waals surface area contributed by atoms with Gasteiger partial charge in [-0.25, -0.2) is 5.14 Å². The molecule has 1 atom stereocenters. The Morgan fingerprint density at radius 3 is 2.75 bits per heavy atom. The third kappa shape index (κ3) is 3.03. The van der Waals surface area contributed by atoms with Crippen molar-refractivity contribution in [1.29, 1.82) is 0 Å². The van der Waals surface area contributed by atoms with Gasteiger partial charge in [0.1, 0.15) is 0 Å². The standard InChI is InChI=1S/C5H13N3O3S/c6-12(10,11)8-4-5(9)1-2-7-3-5/h7-9H,1-4H2,(H2,6,10,11). The Hall–Kier alpha value is -0.210. The van der Waals surface area contributed by atoms with Crippen molar-refractivity contribution >= 4 is 10.2 Å². The van der Waals surface area contributed by atoms with Crippen LogP contribution in [0.3, 0.4) is 0 Å². The minimum absolute atomic E-state index is 0.0289. The maximum Gasteiger partial charge on any atom is 0.274 e. The molecule has 0 aromatic carbocycles. The fourth-order valence-corrected chi connectivity index (χ4v) is 1.59. The Labute approximate surface area is 71.3 Å². The van der Waals surface area contributed by atoms with Gasteiger partial charge in [-0.05, 0) is 13.0 Å². The highest BCUT2D eigenvalue weighted by Gasteiger charge is 2.31. The predicted molar refractivity (Wildman–Crippen MR) is 43.5 cm³/mol. The smallest absolute Gasteiger partial charge is 0.274 e. The molecule has 0 aromatic heterocycles. The van der Waals surface area contributed by atoms with Gasteiger partial charge in [-0.3, -0.25) is 0 Å². The molecule has 1 rings (SSSR count). The van der Waals surface area contributed by atoms with Crippen molar-refractivity contribution < 1.29 is 13.5 Å². The van der Waals surface area contributed by atoms with Gasteiger partial charge in [0.25, 0.3) is 10.2 Å². The molecule has 72 valence electrons. The molecule has 0 bridgehead atoms. The van der Waals surface area contributed by atoms with Crippen molar-refractivity contribution in [3.63, 3.8) is 0 Å². The van der Waals surface area contributed by atoms with E-state index in [0.29, 0.717) is 19.5 Å². The fraction of sp³-hybridized carbons (Fsp3) is 1.00. The van der Waals surface area contributed by atoms with E-state index in [1.54, 1.807) is 0 Å². The van der Waals surface area contributed by atoms with E-state index >= 15 is 0 Å². The Bertz CT molecular complexity index is 245. The van der Waals surface area contributed by atoms with Gasteiger partial charge in [-0.1, -0.05) is 0 Å². The molecule has 1 aliphatic heterocycles. The third-order valence-electron chi connectivity index (χ3n) is 1.82. The summed E-state index contributed by atoms with van der Waals surface area (Å²) in [7, 11) is -3.69. The van der Waals surface area contributed by atoms with Gasteiger partial charge in [0.2, 0.25) is 0 Å². The number of nitrogens with two attached hydrogens (primary N) is 1. The van der Waals surface area contributed by atoms with E-state index in [0.717, 1.165) is 0 Å². The Morgan fingerprint density at radius 1 is 1.67 bits per heavy atom. The van der Waals surface area contributed by atoms with Crippen LogP contribution in [0.2, 0.25) is 0 Å². The van der Waals surface area contributed by atoms with Crippen LogP contribution in [0.5, 0.6) is 0 Å². The summed E-state index contributed by atoms with van der Waals surface area (Å²) >= 11 is 0. The molecule has 0 radical (unpaired) electrons. The van der Waals surface area contributed by atoms with Crippen LogP contribution in [0, 0.1) is 0 Å². The SMILES string of the molecule is NS(=O)(=O)NCC1(O)CCNC1. The summed E-state index contributed by atoms with van der Waals surface area (Å²) in [6.07, 6.45) is 0.537. The molecule has 5 N–H and O–H groups in total. The number of nitrogens with one attached hydrogen (secondary N) is 2. The van der Waals surface area contributed by atoms with Crippen molar-refractivity contribution in [3.8, 4) is 0 Å². The zero-order chi connectivity index (χ0) is 9.24. The second kappa shape index (κ2) is 3.27. The monoisotopic (exact) mass is 195 g/mol. The van der Waals surface area contributed by atoms with Crippen LogP contribution in [0.4, 0.5) is 0 Å². The number of β-amino-alcohol motifs (C(OH)–C–C–N with tert-alkyl or cyclic N) is 1. The van der Waals surface area contributed by atoms with Crippen LogP contribution < -0.4 is 15.2 Å². The average molecular weight is 195 g/mol. The predicted octanol–water partition coefficient (Wildman–Crippen LogP) is -2.50.